The van der Waals surface area contributed by atoms with Crippen molar-refractivity contribution in [2.24, 2.45) is 0 Å². The molecule has 3 aromatic rings. The fourth-order valence-electron chi connectivity index (χ4n) is 3.33. The third-order valence-corrected chi connectivity index (χ3v) is 4.83. The normalized spacial score (nSPS) is 11.0. The van der Waals surface area contributed by atoms with E-state index in [1.807, 2.05) is 13.8 Å². The molecule has 0 bridgehead atoms. The molecule has 2 aromatic carbocycles. The summed E-state index contributed by atoms with van der Waals surface area (Å²) in [6.45, 7) is 3.92. The standard InChI is InChI=1S/C22H22F2N2O2/c1-3-15-19(4-2)25-21(16-9-7-11-18(24)20(16)27)26(22(15)28)13-12-14-8-5-6-10-17(14)23/h5-11,27H,3-4,12-13H2,1-2H3. The van der Waals surface area contributed by atoms with Crippen molar-refractivity contribution in [3.63, 3.8) is 0 Å². The summed E-state index contributed by atoms with van der Waals surface area (Å²) in [7, 11) is 0. The van der Waals surface area contributed by atoms with Crippen LogP contribution in [-0.4, -0.2) is 14.7 Å². The molecule has 0 atom stereocenters. The SMILES string of the molecule is CCc1nc(-c2cccc(F)c2O)n(CCc2ccccc2F)c(=O)c1CC. The van der Waals surface area contributed by atoms with Gasteiger partial charge in [0.05, 0.1) is 11.3 Å². The number of phenols is 1. The Kier molecular flexibility index (Phi) is 5.87. The molecule has 0 aliphatic heterocycles. The largest absolute Gasteiger partial charge is 0.504 e. The van der Waals surface area contributed by atoms with E-state index in [4.69, 9.17) is 0 Å². The van der Waals surface area contributed by atoms with Gasteiger partial charge in [-0.05, 0) is 43.0 Å². The third-order valence-electron chi connectivity index (χ3n) is 4.83. The summed E-state index contributed by atoms with van der Waals surface area (Å²) in [6.07, 6.45) is 1.31. The Bertz CT molecular complexity index is 1060. The Hall–Kier alpha value is -3.02. The summed E-state index contributed by atoms with van der Waals surface area (Å²) in [5.74, 6) is -1.50. The highest BCUT2D eigenvalue weighted by Gasteiger charge is 2.19. The van der Waals surface area contributed by atoms with E-state index in [9.17, 15) is 18.7 Å². The van der Waals surface area contributed by atoms with E-state index in [1.165, 1.54) is 22.8 Å². The van der Waals surface area contributed by atoms with Crippen molar-refractivity contribution in [3.8, 4) is 17.1 Å². The Labute approximate surface area is 162 Å². The van der Waals surface area contributed by atoms with Gasteiger partial charge in [0.15, 0.2) is 11.6 Å². The van der Waals surface area contributed by atoms with Crippen molar-refractivity contribution in [2.45, 2.75) is 39.7 Å². The van der Waals surface area contributed by atoms with Crippen LogP contribution >= 0.6 is 0 Å². The summed E-state index contributed by atoms with van der Waals surface area (Å²) >= 11 is 0. The second-order valence-corrected chi connectivity index (χ2v) is 6.50. The van der Waals surface area contributed by atoms with E-state index in [2.05, 4.69) is 4.98 Å². The monoisotopic (exact) mass is 384 g/mol. The molecule has 0 spiro atoms. The zero-order valence-electron chi connectivity index (χ0n) is 15.9. The van der Waals surface area contributed by atoms with Gasteiger partial charge < -0.3 is 5.11 Å². The Morgan fingerprint density at radius 3 is 2.39 bits per heavy atom. The average Bonchev–Trinajstić information content (AvgIpc) is 2.69. The molecule has 0 fully saturated rings. The van der Waals surface area contributed by atoms with E-state index in [0.717, 1.165) is 6.07 Å². The van der Waals surface area contributed by atoms with Crippen LogP contribution in [-0.2, 0) is 25.8 Å². The molecule has 0 unspecified atom stereocenters. The van der Waals surface area contributed by atoms with Crippen molar-refractivity contribution in [1.29, 1.82) is 0 Å². The summed E-state index contributed by atoms with van der Waals surface area (Å²) in [5.41, 5.74) is 1.57. The Morgan fingerprint density at radius 2 is 1.71 bits per heavy atom. The smallest absolute Gasteiger partial charge is 0.257 e. The van der Waals surface area contributed by atoms with Crippen LogP contribution in [0.2, 0.25) is 0 Å². The first-order valence-corrected chi connectivity index (χ1v) is 9.31. The summed E-state index contributed by atoms with van der Waals surface area (Å²) in [5, 5.41) is 10.2. The second kappa shape index (κ2) is 8.33. The number of phenolic OH excluding ortho intramolecular Hbond substituents is 1. The fraction of sp³-hybridized carbons (Fsp3) is 0.273. The zero-order valence-corrected chi connectivity index (χ0v) is 15.9. The first-order valence-electron chi connectivity index (χ1n) is 9.31. The second-order valence-electron chi connectivity index (χ2n) is 6.50. The molecule has 6 heteroatoms. The van der Waals surface area contributed by atoms with Gasteiger partial charge in [-0.2, -0.15) is 0 Å². The predicted octanol–water partition coefficient (Wildman–Crippen LogP) is 4.26. The molecule has 0 amide bonds. The number of hydrogen-bond donors (Lipinski definition) is 1. The van der Waals surface area contributed by atoms with Crippen molar-refractivity contribution in [3.05, 3.63) is 81.3 Å². The lowest BCUT2D eigenvalue weighted by Crippen LogP contribution is -2.29. The number of rotatable bonds is 6. The van der Waals surface area contributed by atoms with Crippen LogP contribution in [0.3, 0.4) is 0 Å². The topological polar surface area (TPSA) is 55.1 Å². The molecule has 3 rings (SSSR count). The van der Waals surface area contributed by atoms with Gasteiger partial charge in [-0.3, -0.25) is 9.36 Å². The van der Waals surface area contributed by atoms with E-state index < -0.39 is 11.6 Å². The van der Waals surface area contributed by atoms with Crippen LogP contribution in [0.25, 0.3) is 11.4 Å². The number of aryl methyl sites for hydroxylation is 2. The van der Waals surface area contributed by atoms with Crippen LogP contribution < -0.4 is 5.56 Å². The van der Waals surface area contributed by atoms with Gasteiger partial charge in [-0.25, -0.2) is 13.8 Å². The van der Waals surface area contributed by atoms with Gasteiger partial charge in [0.2, 0.25) is 0 Å². The van der Waals surface area contributed by atoms with Crippen molar-refractivity contribution < 1.29 is 13.9 Å². The predicted molar refractivity (Wildman–Crippen MR) is 104 cm³/mol. The molecular formula is C22H22F2N2O2. The van der Waals surface area contributed by atoms with Gasteiger partial charge in [0.1, 0.15) is 11.6 Å². The number of aromatic nitrogens is 2. The van der Waals surface area contributed by atoms with E-state index in [0.29, 0.717) is 29.7 Å². The summed E-state index contributed by atoms with van der Waals surface area (Å²) in [4.78, 5) is 17.7. The molecule has 0 radical (unpaired) electrons. The highest BCUT2D eigenvalue weighted by molar-refractivity contribution is 5.64. The van der Waals surface area contributed by atoms with E-state index in [-0.39, 0.29) is 35.7 Å². The minimum absolute atomic E-state index is 0.142. The van der Waals surface area contributed by atoms with Gasteiger partial charge in [0, 0.05) is 12.1 Å². The van der Waals surface area contributed by atoms with E-state index >= 15 is 0 Å². The number of aromatic hydroxyl groups is 1. The minimum atomic E-state index is -0.787. The van der Waals surface area contributed by atoms with Crippen LogP contribution in [0.15, 0.2) is 47.3 Å². The lowest BCUT2D eigenvalue weighted by atomic mass is 10.1. The van der Waals surface area contributed by atoms with Gasteiger partial charge >= 0.3 is 0 Å². The van der Waals surface area contributed by atoms with Crippen LogP contribution in [0.1, 0.15) is 30.7 Å². The zero-order chi connectivity index (χ0) is 20.3. The minimum Gasteiger partial charge on any atom is -0.504 e. The lowest BCUT2D eigenvalue weighted by Gasteiger charge is -2.17. The van der Waals surface area contributed by atoms with Crippen molar-refractivity contribution >= 4 is 0 Å². The molecule has 4 nitrogen and oxygen atoms in total. The summed E-state index contributed by atoms with van der Waals surface area (Å²) < 4.78 is 29.3. The lowest BCUT2D eigenvalue weighted by molar-refractivity contribution is 0.433. The maximum Gasteiger partial charge on any atom is 0.257 e. The molecule has 0 saturated carbocycles. The number of para-hydroxylation sites is 1. The number of nitrogens with zero attached hydrogens (tertiary/aromatic N) is 2. The molecule has 1 aromatic heterocycles. The molecular weight excluding hydrogens is 362 g/mol. The number of benzene rings is 2. The molecule has 1 heterocycles. The molecule has 146 valence electrons. The quantitative estimate of drug-likeness (QED) is 0.691. The van der Waals surface area contributed by atoms with Crippen molar-refractivity contribution in [2.75, 3.05) is 0 Å². The highest BCUT2D eigenvalue weighted by Crippen LogP contribution is 2.30. The Morgan fingerprint density at radius 1 is 1.00 bits per heavy atom. The number of hydrogen-bond acceptors (Lipinski definition) is 3. The first kappa shape index (κ1) is 19.7. The van der Waals surface area contributed by atoms with Crippen LogP contribution in [0, 0.1) is 11.6 Å². The molecule has 28 heavy (non-hydrogen) atoms. The highest BCUT2D eigenvalue weighted by atomic mass is 19.1. The van der Waals surface area contributed by atoms with Crippen LogP contribution in [0.5, 0.6) is 5.75 Å². The molecule has 0 saturated heterocycles. The Balaban J connectivity index is 2.17. The molecule has 1 N–H and O–H groups in total. The average molecular weight is 384 g/mol. The maximum atomic E-state index is 14.0. The van der Waals surface area contributed by atoms with Gasteiger partial charge in [-0.15, -0.1) is 0 Å². The number of halogens is 2. The van der Waals surface area contributed by atoms with Gasteiger partial charge in [0.25, 0.3) is 5.56 Å². The van der Waals surface area contributed by atoms with Gasteiger partial charge in [-0.1, -0.05) is 38.1 Å². The maximum absolute atomic E-state index is 14.0. The van der Waals surface area contributed by atoms with Crippen molar-refractivity contribution in [1.82, 2.24) is 9.55 Å². The first-order chi connectivity index (χ1) is 13.5. The molecule has 0 aliphatic rings. The van der Waals surface area contributed by atoms with E-state index in [1.54, 1.807) is 18.2 Å². The van der Waals surface area contributed by atoms with Crippen LogP contribution in [0.4, 0.5) is 8.78 Å². The summed E-state index contributed by atoms with van der Waals surface area (Å²) in [6, 6.07) is 10.5. The third kappa shape index (κ3) is 3.67. The fourth-order valence-corrected chi connectivity index (χ4v) is 3.33. The molecule has 0 aliphatic carbocycles.